The van der Waals surface area contributed by atoms with Gasteiger partial charge in [0.1, 0.15) is 17.8 Å². The second-order valence-electron chi connectivity index (χ2n) is 8.55. The highest BCUT2D eigenvalue weighted by Crippen LogP contribution is 2.38. The first-order valence-corrected chi connectivity index (χ1v) is 11.0. The van der Waals surface area contributed by atoms with Gasteiger partial charge in [-0.3, -0.25) is 0 Å². The number of hydrogen-bond acceptors (Lipinski definition) is 4. The molecule has 1 atom stereocenters. The quantitative estimate of drug-likeness (QED) is 0.560. The normalized spacial score (nSPS) is 18.7. The Morgan fingerprint density at radius 2 is 1.65 bits per heavy atom. The molecule has 0 spiro atoms. The van der Waals surface area contributed by atoms with Gasteiger partial charge in [0.15, 0.2) is 11.6 Å². The molecule has 7 heteroatoms. The summed E-state index contributed by atoms with van der Waals surface area (Å²) in [6.45, 7) is 1.18. The third kappa shape index (κ3) is 4.05. The maximum Gasteiger partial charge on any atom is 0.172 e. The minimum absolute atomic E-state index is 0.184. The van der Waals surface area contributed by atoms with Crippen molar-refractivity contribution < 1.29 is 13.2 Å². The van der Waals surface area contributed by atoms with Crippen LogP contribution in [0.25, 0.3) is 11.0 Å². The van der Waals surface area contributed by atoms with Crippen molar-refractivity contribution in [2.75, 3.05) is 23.3 Å². The first-order chi connectivity index (χ1) is 15.1. The largest absolute Gasteiger partial charge is 0.364 e. The van der Waals surface area contributed by atoms with Crippen molar-refractivity contribution in [2.45, 2.75) is 44.3 Å². The summed E-state index contributed by atoms with van der Waals surface area (Å²) in [7, 11) is 0. The Morgan fingerprint density at radius 3 is 2.32 bits per heavy atom. The molecule has 1 aromatic heterocycles. The van der Waals surface area contributed by atoms with Crippen LogP contribution in [0.1, 0.15) is 43.8 Å². The molecule has 3 aromatic rings. The van der Waals surface area contributed by atoms with E-state index in [2.05, 4.69) is 10.2 Å². The fraction of sp³-hybridized carbons (Fsp3) is 0.417. The van der Waals surface area contributed by atoms with Crippen LogP contribution in [-0.2, 0) is 0 Å². The van der Waals surface area contributed by atoms with Gasteiger partial charge in [-0.15, -0.1) is 0 Å². The number of piperidine rings is 1. The van der Waals surface area contributed by atoms with Crippen molar-refractivity contribution in [3.8, 4) is 0 Å². The number of nitrogens with one attached hydrogen (secondary N) is 1. The van der Waals surface area contributed by atoms with Gasteiger partial charge in [-0.2, -0.15) is 0 Å². The van der Waals surface area contributed by atoms with Gasteiger partial charge in [0, 0.05) is 24.7 Å². The average molecular weight is 426 g/mol. The fourth-order valence-electron chi connectivity index (χ4n) is 4.44. The van der Waals surface area contributed by atoms with Crippen molar-refractivity contribution >= 4 is 22.7 Å². The molecule has 0 amide bonds. The average Bonchev–Trinajstić information content (AvgIpc) is 2.77. The van der Waals surface area contributed by atoms with Crippen LogP contribution >= 0.6 is 0 Å². The lowest BCUT2D eigenvalue weighted by molar-refractivity contribution is 0.193. The number of benzene rings is 2. The summed E-state index contributed by atoms with van der Waals surface area (Å²) < 4.78 is 42.6. The number of hydrogen-bond donors (Lipinski definition) is 1. The van der Waals surface area contributed by atoms with Crippen LogP contribution in [0.5, 0.6) is 0 Å². The highest BCUT2D eigenvalue weighted by Gasteiger charge is 2.31. The van der Waals surface area contributed by atoms with Crippen molar-refractivity contribution in [1.29, 1.82) is 0 Å². The summed E-state index contributed by atoms with van der Waals surface area (Å²) in [6.07, 6.45) is 3.02. The van der Waals surface area contributed by atoms with E-state index in [1.807, 2.05) is 24.3 Å². The molecular weight excluding hydrogens is 401 g/mol. The zero-order chi connectivity index (χ0) is 21.4. The van der Waals surface area contributed by atoms with E-state index in [0.29, 0.717) is 32.0 Å². The molecule has 1 aliphatic carbocycles. The van der Waals surface area contributed by atoms with Gasteiger partial charge in [0.2, 0.25) is 0 Å². The number of anilines is 2. The molecule has 0 radical (unpaired) electrons. The van der Waals surface area contributed by atoms with Crippen molar-refractivity contribution in [2.24, 2.45) is 5.92 Å². The summed E-state index contributed by atoms with van der Waals surface area (Å²) in [5.41, 5.74) is 1.48. The van der Waals surface area contributed by atoms with Crippen molar-refractivity contribution in [3.63, 3.8) is 0 Å². The molecule has 1 aliphatic heterocycles. The van der Waals surface area contributed by atoms with E-state index in [-0.39, 0.29) is 11.5 Å². The maximum absolute atomic E-state index is 15.0. The minimum Gasteiger partial charge on any atom is -0.364 e. The van der Waals surface area contributed by atoms with E-state index in [1.165, 1.54) is 6.42 Å². The molecule has 2 heterocycles. The Labute approximate surface area is 179 Å². The molecule has 5 rings (SSSR count). The van der Waals surface area contributed by atoms with Crippen LogP contribution in [0.15, 0.2) is 42.5 Å². The number of aromatic nitrogens is 2. The molecule has 4 nitrogen and oxygen atoms in total. The number of para-hydroxylation sites is 2. The molecule has 2 aliphatic rings. The summed E-state index contributed by atoms with van der Waals surface area (Å²) in [4.78, 5) is 11.8. The molecule has 1 N–H and O–H groups in total. The number of fused-ring (bicyclic) bond motifs is 1. The zero-order valence-electron chi connectivity index (χ0n) is 17.2. The lowest BCUT2D eigenvalue weighted by atomic mass is 9.88. The summed E-state index contributed by atoms with van der Waals surface area (Å²) in [5.74, 6) is -0.103. The minimum atomic E-state index is -1.52. The fourth-order valence-corrected chi connectivity index (χ4v) is 4.44. The van der Waals surface area contributed by atoms with E-state index < -0.39 is 17.8 Å². The van der Waals surface area contributed by atoms with Gasteiger partial charge in [0.05, 0.1) is 11.0 Å². The van der Waals surface area contributed by atoms with E-state index in [4.69, 9.17) is 9.97 Å². The Morgan fingerprint density at radius 1 is 0.935 bits per heavy atom. The van der Waals surface area contributed by atoms with Crippen molar-refractivity contribution in [3.05, 3.63) is 59.7 Å². The highest BCUT2D eigenvalue weighted by atomic mass is 19.1. The van der Waals surface area contributed by atoms with Gasteiger partial charge < -0.3 is 10.2 Å². The van der Waals surface area contributed by atoms with Crippen LogP contribution < -0.4 is 10.2 Å². The Balaban J connectivity index is 1.36. The number of nitrogens with zero attached hydrogens (tertiary/aromatic N) is 3. The molecule has 2 fully saturated rings. The Kier molecular flexibility index (Phi) is 5.42. The van der Waals surface area contributed by atoms with Gasteiger partial charge in [-0.25, -0.2) is 23.1 Å². The Bertz CT molecular complexity index is 1080. The summed E-state index contributed by atoms with van der Waals surface area (Å²) >= 11 is 0. The molecular formula is C24H25F3N4. The van der Waals surface area contributed by atoms with E-state index >= 15 is 4.39 Å². The molecule has 0 bridgehead atoms. The van der Waals surface area contributed by atoms with Crippen LogP contribution in [0, 0.1) is 17.6 Å². The number of halogens is 3. The monoisotopic (exact) mass is 426 g/mol. The lowest BCUT2D eigenvalue weighted by Crippen LogP contribution is -2.37. The van der Waals surface area contributed by atoms with Crippen LogP contribution in [0.4, 0.5) is 24.8 Å². The molecule has 1 saturated carbocycles. The predicted octanol–water partition coefficient (Wildman–Crippen LogP) is 5.80. The van der Waals surface area contributed by atoms with Gasteiger partial charge in [0.25, 0.3) is 0 Å². The van der Waals surface area contributed by atoms with Crippen molar-refractivity contribution in [1.82, 2.24) is 9.97 Å². The van der Waals surface area contributed by atoms with Gasteiger partial charge in [-0.05, 0) is 68.4 Å². The number of alkyl halides is 1. The van der Waals surface area contributed by atoms with E-state index in [1.54, 1.807) is 0 Å². The second-order valence-corrected chi connectivity index (χ2v) is 8.55. The standard InChI is InChI=1S/C24H25F3N4/c25-16-8-9-19(26)18(14-16)22(27)15-10-12-31(13-11-15)24-23(28-17-4-3-5-17)29-20-6-1-2-7-21(20)30-24/h1-2,6-9,14-15,17,22H,3-5,10-13H2,(H,28,29). The third-order valence-electron chi connectivity index (χ3n) is 6.51. The van der Waals surface area contributed by atoms with E-state index in [9.17, 15) is 8.78 Å². The first kappa shape index (κ1) is 20.1. The predicted molar refractivity (Wildman–Crippen MR) is 116 cm³/mol. The first-order valence-electron chi connectivity index (χ1n) is 11.0. The van der Waals surface area contributed by atoms with Crippen LogP contribution in [0.3, 0.4) is 0 Å². The molecule has 31 heavy (non-hydrogen) atoms. The molecule has 2 aromatic carbocycles. The third-order valence-corrected chi connectivity index (χ3v) is 6.51. The maximum atomic E-state index is 15.0. The molecule has 1 unspecified atom stereocenters. The van der Waals surface area contributed by atoms with Gasteiger partial charge >= 0.3 is 0 Å². The van der Waals surface area contributed by atoms with Gasteiger partial charge in [-0.1, -0.05) is 12.1 Å². The topological polar surface area (TPSA) is 41.1 Å². The molecule has 162 valence electrons. The molecule has 1 saturated heterocycles. The van der Waals surface area contributed by atoms with Crippen LogP contribution in [-0.4, -0.2) is 29.1 Å². The smallest absolute Gasteiger partial charge is 0.172 e. The SMILES string of the molecule is Fc1ccc(F)c(C(F)C2CCN(c3nc4ccccc4nc3NC3CCC3)CC2)c1. The number of rotatable bonds is 5. The summed E-state index contributed by atoms with van der Waals surface area (Å²) in [5, 5.41) is 3.53. The van der Waals surface area contributed by atoms with Crippen LogP contribution in [0.2, 0.25) is 0 Å². The Hall–Kier alpha value is -2.83. The van der Waals surface area contributed by atoms with E-state index in [0.717, 1.165) is 53.7 Å². The lowest BCUT2D eigenvalue weighted by Gasteiger charge is -2.36. The zero-order valence-corrected chi connectivity index (χ0v) is 17.2. The summed E-state index contributed by atoms with van der Waals surface area (Å²) in [6, 6.07) is 11.2. The highest BCUT2D eigenvalue weighted by molar-refractivity contribution is 5.80. The second kappa shape index (κ2) is 8.36.